The van der Waals surface area contributed by atoms with Gasteiger partial charge in [-0.2, -0.15) is 0 Å². The van der Waals surface area contributed by atoms with E-state index in [9.17, 15) is 4.79 Å². The van der Waals surface area contributed by atoms with Gasteiger partial charge in [-0.3, -0.25) is 4.79 Å². The van der Waals surface area contributed by atoms with Crippen molar-refractivity contribution < 1.29 is 14.3 Å². The van der Waals surface area contributed by atoms with E-state index in [0.717, 1.165) is 6.29 Å². The number of methoxy groups -OCH3 is 1. The van der Waals surface area contributed by atoms with Gasteiger partial charge in [0.15, 0.2) is 12.0 Å². The van der Waals surface area contributed by atoms with E-state index in [2.05, 4.69) is 4.98 Å². The number of ether oxygens (including phenoxy) is 2. The normalized spacial score (nSPS) is 9.38. The van der Waals surface area contributed by atoms with Crippen LogP contribution in [0.5, 0.6) is 11.6 Å². The largest absolute Gasteiger partial charge is 0.488 e. The quantitative estimate of drug-likeness (QED) is 0.657. The average molecular weight is 181 g/mol. The molecule has 0 aromatic carbocycles. The zero-order valence-electron chi connectivity index (χ0n) is 7.61. The van der Waals surface area contributed by atoms with Gasteiger partial charge in [0.2, 0.25) is 0 Å². The number of carbonyl (C=O) groups is 1. The second-order valence-electron chi connectivity index (χ2n) is 2.29. The first-order valence-corrected chi connectivity index (χ1v) is 3.94. The molecule has 0 aliphatic heterocycles. The number of pyridine rings is 1. The molecule has 4 heteroatoms. The van der Waals surface area contributed by atoms with Gasteiger partial charge in [-0.15, -0.1) is 0 Å². The minimum absolute atomic E-state index is 0.339. The van der Waals surface area contributed by atoms with Gasteiger partial charge in [-0.25, -0.2) is 4.98 Å². The van der Waals surface area contributed by atoms with Crippen molar-refractivity contribution in [3.8, 4) is 11.6 Å². The second-order valence-corrected chi connectivity index (χ2v) is 2.29. The Balaban J connectivity index is 3.12. The molecule has 0 saturated carbocycles. The summed E-state index contributed by atoms with van der Waals surface area (Å²) in [7, 11) is 1.49. The van der Waals surface area contributed by atoms with Crippen LogP contribution in [-0.4, -0.2) is 25.0 Å². The van der Waals surface area contributed by atoms with Crippen LogP contribution in [0.4, 0.5) is 0 Å². The van der Waals surface area contributed by atoms with Gasteiger partial charge in [-0.1, -0.05) is 0 Å². The lowest BCUT2D eigenvalue weighted by Gasteiger charge is -2.08. The first-order chi connectivity index (χ1) is 6.33. The van der Waals surface area contributed by atoms with E-state index >= 15 is 0 Å². The minimum atomic E-state index is 0.339. The molecule has 0 spiro atoms. The van der Waals surface area contributed by atoms with E-state index in [1.807, 2.05) is 6.92 Å². The van der Waals surface area contributed by atoms with Gasteiger partial charge in [-0.05, 0) is 13.0 Å². The number of hydrogen-bond donors (Lipinski definition) is 0. The molecule has 1 rings (SSSR count). The Morgan fingerprint density at radius 1 is 1.62 bits per heavy atom. The number of aldehydes is 1. The predicted octanol–water partition coefficient (Wildman–Crippen LogP) is 1.30. The Labute approximate surface area is 76.5 Å². The fraction of sp³-hybridized carbons (Fsp3) is 0.333. The minimum Gasteiger partial charge on any atom is -0.488 e. The van der Waals surface area contributed by atoms with Crippen LogP contribution in [-0.2, 0) is 0 Å². The molecule has 0 N–H and O–H groups in total. The van der Waals surface area contributed by atoms with E-state index in [-0.39, 0.29) is 0 Å². The average Bonchev–Trinajstić information content (AvgIpc) is 2.18. The maximum Gasteiger partial charge on any atom is 0.257 e. The number of nitrogens with zero attached hydrogens (tertiary/aromatic N) is 1. The molecule has 0 bridgehead atoms. The van der Waals surface area contributed by atoms with Crippen LogP contribution in [0.25, 0.3) is 0 Å². The summed E-state index contributed by atoms with van der Waals surface area (Å²) in [6.45, 7) is 2.31. The van der Waals surface area contributed by atoms with Crippen LogP contribution in [0, 0.1) is 0 Å². The van der Waals surface area contributed by atoms with Crippen molar-refractivity contribution >= 4 is 6.29 Å². The van der Waals surface area contributed by atoms with Crippen molar-refractivity contribution in [3.63, 3.8) is 0 Å². The lowest BCUT2D eigenvalue weighted by atomic mass is 10.2. The SMILES string of the molecule is CCOc1c(C=O)ccnc1OC. The number of carbonyl (C=O) groups excluding carboxylic acids is 1. The molecule has 0 amide bonds. The van der Waals surface area contributed by atoms with Crippen LogP contribution in [0.15, 0.2) is 12.3 Å². The molecule has 1 heterocycles. The lowest BCUT2D eigenvalue weighted by Crippen LogP contribution is -2.00. The molecule has 0 fully saturated rings. The highest BCUT2D eigenvalue weighted by molar-refractivity contribution is 5.80. The lowest BCUT2D eigenvalue weighted by molar-refractivity contribution is 0.111. The van der Waals surface area contributed by atoms with Gasteiger partial charge < -0.3 is 9.47 Å². The smallest absolute Gasteiger partial charge is 0.257 e. The fourth-order valence-corrected chi connectivity index (χ4v) is 0.971. The molecule has 70 valence electrons. The molecule has 0 radical (unpaired) electrons. The van der Waals surface area contributed by atoms with Crippen molar-refractivity contribution in [1.29, 1.82) is 0 Å². The maximum atomic E-state index is 10.6. The Kier molecular flexibility index (Phi) is 3.25. The molecular formula is C9H11NO3. The Morgan fingerprint density at radius 2 is 2.38 bits per heavy atom. The van der Waals surface area contributed by atoms with Crippen molar-refractivity contribution in [2.75, 3.05) is 13.7 Å². The zero-order valence-corrected chi connectivity index (χ0v) is 7.61. The Morgan fingerprint density at radius 3 is 2.92 bits per heavy atom. The first kappa shape index (κ1) is 9.51. The monoisotopic (exact) mass is 181 g/mol. The zero-order chi connectivity index (χ0) is 9.68. The predicted molar refractivity (Wildman–Crippen MR) is 47.3 cm³/mol. The van der Waals surface area contributed by atoms with E-state index in [4.69, 9.17) is 9.47 Å². The molecule has 1 aromatic heterocycles. The molecule has 1 aromatic rings. The van der Waals surface area contributed by atoms with Crippen molar-refractivity contribution in [2.45, 2.75) is 6.92 Å². The first-order valence-electron chi connectivity index (χ1n) is 3.94. The number of rotatable bonds is 4. The summed E-state index contributed by atoms with van der Waals surface area (Å²) in [5.41, 5.74) is 0.453. The highest BCUT2D eigenvalue weighted by atomic mass is 16.5. The molecule has 0 saturated heterocycles. The summed E-state index contributed by atoms with van der Waals surface area (Å²) >= 11 is 0. The standard InChI is InChI=1S/C9H11NO3/c1-3-13-8-7(6-11)4-5-10-9(8)12-2/h4-6H,3H2,1-2H3. The topological polar surface area (TPSA) is 48.4 Å². The van der Waals surface area contributed by atoms with Crippen molar-refractivity contribution in [1.82, 2.24) is 4.98 Å². The molecule has 4 nitrogen and oxygen atoms in total. The number of aromatic nitrogens is 1. The second kappa shape index (κ2) is 4.45. The Hall–Kier alpha value is -1.58. The van der Waals surface area contributed by atoms with E-state index in [1.54, 1.807) is 6.07 Å². The van der Waals surface area contributed by atoms with E-state index in [1.165, 1.54) is 13.3 Å². The molecule has 0 aliphatic rings. The third kappa shape index (κ3) is 1.96. The molecule has 0 aliphatic carbocycles. The van der Waals surface area contributed by atoms with E-state index < -0.39 is 0 Å². The molecule has 0 atom stereocenters. The van der Waals surface area contributed by atoms with Gasteiger partial charge in [0, 0.05) is 6.20 Å². The van der Waals surface area contributed by atoms with Gasteiger partial charge in [0.25, 0.3) is 5.88 Å². The molecule has 13 heavy (non-hydrogen) atoms. The van der Waals surface area contributed by atoms with Crippen LogP contribution >= 0.6 is 0 Å². The third-order valence-corrected chi connectivity index (χ3v) is 1.51. The molecule has 0 unspecified atom stereocenters. The maximum absolute atomic E-state index is 10.6. The third-order valence-electron chi connectivity index (χ3n) is 1.51. The summed E-state index contributed by atoms with van der Waals surface area (Å²) in [6.07, 6.45) is 2.22. The van der Waals surface area contributed by atoms with Crippen LogP contribution in [0.2, 0.25) is 0 Å². The van der Waals surface area contributed by atoms with Crippen LogP contribution < -0.4 is 9.47 Å². The summed E-state index contributed by atoms with van der Waals surface area (Å²) in [6, 6.07) is 1.58. The van der Waals surface area contributed by atoms with Crippen molar-refractivity contribution in [3.05, 3.63) is 17.8 Å². The van der Waals surface area contributed by atoms with Gasteiger partial charge in [0.05, 0.1) is 19.3 Å². The Bertz CT molecular complexity index is 299. The van der Waals surface area contributed by atoms with E-state index in [0.29, 0.717) is 23.8 Å². The van der Waals surface area contributed by atoms with Gasteiger partial charge in [0.1, 0.15) is 0 Å². The summed E-state index contributed by atoms with van der Waals surface area (Å²) < 4.78 is 10.2. The molecular weight excluding hydrogens is 170 g/mol. The summed E-state index contributed by atoms with van der Waals surface area (Å²) in [4.78, 5) is 14.5. The van der Waals surface area contributed by atoms with Crippen molar-refractivity contribution in [2.24, 2.45) is 0 Å². The highest BCUT2D eigenvalue weighted by Gasteiger charge is 2.10. The highest BCUT2D eigenvalue weighted by Crippen LogP contribution is 2.26. The number of hydrogen-bond acceptors (Lipinski definition) is 4. The summed E-state index contributed by atoms with van der Waals surface area (Å²) in [5, 5.41) is 0. The van der Waals surface area contributed by atoms with Crippen LogP contribution in [0.1, 0.15) is 17.3 Å². The van der Waals surface area contributed by atoms with Crippen LogP contribution in [0.3, 0.4) is 0 Å². The fourth-order valence-electron chi connectivity index (χ4n) is 0.971. The summed E-state index contributed by atoms with van der Waals surface area (Å²) in [5.74, 6) is 0.744. The van der Waals surface area contributed by atoms with Gasteiger partial charge >= 0.3 is 0 Å².